The van der Waals surface area contributed by atoms with Crippen LogP contribution in [-0.4, -0.2) is 41.4 Å². The van der Waals surface area contributed by atoms with Crippen LogP contribution in [0.25, 0.3) is 0 Å². The van der Waals surface area contributed by atoms with E-state index in [1.54, 1.807) is 0 Å². The van der Waals surface area contributed by atoms with E-state index in [4.69, 9.17) is 0 Å². The van der Waals surface area contributed by atoms with Crippen LogP contribution in [0.3, 0.4) is 0 Å². The molecule has 3 rings (SSSR count). The average Bonchev–Trinajstić information content (AvgIpc) is 2.68. The van der Waals surface area contributed by atoms with Crippen molar-refractivity contribution in [2.75, 3.05) is 0 Å². The zero-order valence-electron chi connectivity index (χ0n) is 14.3. The van der Waals surface area contributed by atoms with Gasteiger partial charge >= 0.3 is 165 Å². The molecule has 2 nitrogen and oxygen atoms in total. The summed E-state index contributed by atoms with van der Waals surface area (Å²) in [6.45, 7) is 0. The van der Waals surface area contributed by atoms with Crippen LogP contribution in [0.4, 0.5) is 0 Å². The van der Waals surface area contributed by atoms with Crippen molar-refractivity contribution in [3.63, 3.8) is 0 Å². The van der Waals surface area contributed by atoms with Gasteiger partial charge in [0.1, 0.15) is 0 Å². The maximum absolute atomic E-state index is 12.6. The summed E-state index contributed by atoms with van der Waals surface area (Å²) in [4.78, 5) is 12.6. The van der Waals surface area contributed by atoms with E-state index in [-0.39, 0.29) is 20.3 Å². The van der Waals surface area contributed by atoms with E-state index in [1.165, 1.54) is 37.4 Å². The Hall–Kier alpha value is -0.461. The van der Waals surface area contributed by atoms with Crippen LogP contribution in [0.1, 0.15) is 42.5 Å². The molecule has 1 N–H and O–H groups in total. The van der Waals surface area contributed by atoms with Crippen molar-refractivity contribution in [1.82, 2.24) is 5.09 Å². The van der Waals surface area contributed by atoms with Crippen molar-refractivity contribution >= 4 is 45.0 Å². The van der Waals surface area contributed by atoms with Crippen molar-refractivity contribution in [2.45, 2.75) is 43.5 Å². The Morgan fingerprint density at radius 3 is 2.24 bits per heavy atom. The first-order valence-corrected chi connectivity index (χ1v) is 16.3. The monoisotopic (exact) mass is 485 g/mol. The third-order valence-corrected chi connectivity index (χ3v) is 17.8. The Kier molecular flexibility index (Phi) is 7.31. The van der Waals surface area contributed by atoms with E-state index < -0.39 is 4.35 Å². The van der Waals surface area contributed by atoms with Gasteiger partial charge in [0.15, 0.2) is 0 Å². The van der Waals surface area contributed by atoms with Crippen molar-refractivity contribution in [2.24, 2.45) is 0 Å². The summed E-state index contributed by atoms with van der Waals surface area (Å²) < 4.78 is -1.60. The van der Waals surface area contributed by atoms with Gasteiger partial charge in [-0.25, -0.2) is 0 Å². The summed E-state index contributed by atoms with van der Waals surface area (Å²) in [5, 5.41) is 5.99. The Balaban J connectivity index is 1.74. The van der Waals surface area contributed by atoms with E-state index in [1.807, 2.05) is 30.3 Å². The molecule has 0 aromatic heterocycles. The summed E-state index contributed by atoms with van der Waals surface area (Å²) in [7, 11) is 0. The number of Topliss-reactive ketones (excluding diaryl/α,β-unsaturated/α-hetero) is 1. The molecule has 0 spiro atoms. The summed E-state index contributed by atoms with van der Waals surface area (Å²) in [5.74, 6) is 0.265. The van der Waals surface area contributed by atoms with Crippen LogP contribution >= 0.6 is 4.35 Å². The number of nitrogens with one attached hydrogen (secondary N) is 1. The zero-order chi connectivity index (χ0) is 17.5. The first kappa shape index (κ1) is 19.3. The molecular weight excluding hydrogens is 459 g/mol. The Morgan fingerprint density at radius 1 is 1.00 bits per heavy atom. The second-order valence-corrected chi connectivity index (χ2v) is 21.2. The quantitative estimate of drug-likeness (QED) is 0.364. The molecule has 0 aliphatic heterocycles. The molecule has 2 aromatic rings. The topological polar surface area (TPSA) is 29.1 Å². The second-order valence-electron chi connectivity index (χ2n) is 6.41. The molecule has 1 aliphatic carbocycles. The molecule has 2 aromatic carbocycles. The molecule has 0 radical (unpaired) electrons. The molecular formula is C20H24NOPSe2. The van der Waals surface area contributed by atoms with Crippen LogP contribution in [0.5, 0.6) is 0 Å². The molecule has 1 saturated carbocycles. The summed E-state index contributed by atoms with van der Waals surface area (Å²) >= 11 is 3.74. The molecule has 0 heterocycles. The van der Waals surface area contributed by atoms with Gasteiger partial charge in [-0.05, 0) is 0 Å². The number of carbonyl (C=O) groups excluding carboxylic acids is 1. The van der Waals surface area contributed by atoms with Gasteiger partial charge in [-0.2, -0.15) is 0 Å². The van der Waals surface area contributed by atoms with Gasteiger partial charge < -0.3 is 0 Å². The molecule has 0 saturated heterocycles. The van der Waals surface area contributed by atoms with E-state index in [0.29, 0.717) is 11.4 Å². The molecule has 5 heteroatoms. The summed E-state index contributed by atoms with van der Waals surface area (Å²) in [5.41, 5.74) is 0.835. The first-order valence-electron chi connectivity index (χ1n) is 8.84. The fraction of sp³-hybridized carbons (Fsp3) is 0.350. The zero-order valence-corrected chi connectivity index (χ0v) is 18.6. The molecule has 0 bridgehead atoms. The van der Waals surface area contributed by atoms with Gasteiger partial charge in [-0.15, -0.1) is 0 Å². The van der Waals surface area contributed by atoms with Crippen molar-refractivity contribution in [3.05, 3.63) is 66.2 Å². The Morgan fingerprint density at radius 2 is 1.60 bits per heavy atom. The second kappa shape index (κ2) is 9.47. The van der Waals surface area contributed by atoms with Gasteiger partial charge in [0, 0.05) is 0 Å². The minimum atomic E-state index is -1.60. The molecule has 1 atom stereocenters. The predicted octanol–water partition coefficient (Wildman–Crippen LogP) is 4.17. The standard InChI is InChI=1S/C20H24NOPSe2/c22-20(17-10-4-1-5-11-17)16-25-23(24,19-14-8-3-9-15-19)21-18-12-6-2-7-13-18/h1,3-5,8-11,14-15,18H,2,6-7,12-13,16H2,(H,21,24). The Bertz CT molecular complexity index is 730. The SMILES string of the molecule is O=C(C[Se]P(=[Se])(NC1CCCCC1)c1ccccc1)c1ccccc1. The number of rotatable bonds is 7. The molecule has 1 unspecified atom stereocenters. The van der Waals surface area contributed by atoms with Crippen molar-refractivity contribution in [3.8, 4) is 0 Å². The van der Waals surface area contributed by atoms with Crippen LogP contribution in [0.15, 0.2) is 60.7 Å². The summed E-state index contributed by atoms with van der Waals surface area (Å²) in [6.07, 6.45) is 6.53. The van der Waals surface area contributed by atoms with Crippen LogP contribution < -0.4 is 10.4 Å². The maximum atomic E-state index is 12.6. The van der Waals surface area contributed by atoms with Gasteiger partial charge in [-0.3, -0.25) is 0 Å². The van der Waals surface area contributed by atoms with Gasteiger partial charge in [0.05, 0.1) is 0 Å². The normalized spacial score (nSPS) is 17.8. The fourth-order valence-electron chi connectivity index (χ4n) is 3.14. The summed E-state index contributed by atoms with van der Waals surface area (Å²) in [6, 6.07) is 21.0. The fourth-order valence-corrected chi connectivity index (χ4v) is 13.9. The van der Waals surface area contributed by atoms with Crippen molar-refractivity contribution in [1.29, 1.82) is 0 Å². The number of carbonyl (C=O) groups is 1. The number of hydrogen-bond donors (Lipinski definition) is 1. The first-order chi connectivity index (χ1) is 12.2. The third-order valence-electron chi connectivity index (χ3n) is 4.53. The molecule has 25 heavy (non-hydrogen) atoms. The van der Waals surface area contributed by atoms with Crippen LogP contribution in [0.2, 0.25) is 5.32 Å². The Labute approximate surface area is 164 Å². The van der Waals surface area contributed by atoms with E-state index in [9.17, 15) is 4.79 Å². The molecule has 1 fully saturated rings. The van der Waals surface area contributed by atoms with Gasteiger partial charge in [0.2, 0.25) is 0 Å². The average molecular weight is 483 g/mol. The van der Waals surface area contributed by atoms with Gasteiger partial charge in [-0.1, -0.05) is 0 Å². The number of ketones is 1. The third kappa shape index (κ3) is 5.50. The van der Waals surface area contributed by atoms with Gasteiger partial charge in [0.25, 0.3) is 0 Å². The molecule has 132 valence electrons. The minimum absolute atomic E-state index is 0.207. The van der Waals surface area contributed by atoms with Crippen molar-refractivity contribution < 1.29 is 4.79 Å². The van der Waals surface area contributed by atoms with Crippen LogP contribution in [-0.2, 0) is 0 Å². The number of hydrogen-bond acceptors (Lipinski definition) is 2. The predicted molar refractivity (Wildman–Crippen MR) is 110 cm³/mol. The molecule has 1 aliphatic rings. The van der Waals surface area contributed by atoms with E-state index in [2.05, 4.69) is 50.5 Å². The van der Waals surface area contributed by atoms with E-state index in [0.717, 1.165) is 5.56 Å². The molecule has 0 amide bonds. The van der Waals surface area contributed by atoms with E-state index >= 15 is 0 Å². The van der Waals surface area contributed by atoms with Crippen LogP contribution in [0, 0.1) is 0 Å². The number of benzene rings is 2.